The number of piperidine rings is 1. The molecule has 1 unspecified atom stereocenters. The largest absolute Gasteiger partial charge is 0.359 e. The fourth-order valence-electron chi connectivity index (χ4n) is 2.56. The molecule has 0 saturated carbocycles. The van der Waals surface area contributed by atoms with Crippen LogP contribution in [0.1, 0.15) is 26.2 Å². The minimum atomic E-state index is -0.258. The molecule has 2 aromatic rings. The summed E-state index contributed by atoms with van der Waals surface area (Å²) >= 11 is 0. The first kappa shape index (κ1) is 12.9. The molecular weight excluding hydrogens is 254 g/mol. The second-order valence-corrected chi connectivity index (χ2v) is 5.20. The van der Waals surface area contributed by atoms with E-state index in [0.29, 0.717) is 5.82 Å². The van der Waals surface area contributed by atoms with Crippen molar-refractivity contribution < 1.29 is 4.79 Å². The van der Waals surface area contributed by atoms with Gasteiger partial charge in [-0.3, -0.25) is 4.79 Å². The first-order valence-electron chi connectivity index (χ1n) is 7.10. The van der Waals surface area contributed by atoms with E-state index in [9.17, 15) is 4.79 Å². The molecule has 0 spiro atoms. The lowest BCUT2D eigenvalue weighted by atomic mass is 10.1. The minimum absolute atomic E-state index is 0.153. The number of likely N-dealkylation sites (tertiary alicyclic amines) is 1. The van der Waals surface area contributed by atoms with Gasteiger partial charge in [-0.15, -0.1) is 0 Å². The highest BCUT2D eigenvalue weighted by Crippen LogP contribution is 2.12. The number of amides is 1. The van der Waals surface area contributed by atoms with Crippen molar-refractivity contribution in [3.05, 3.63) is 24.5 Å². The molecule has 6 nitrogen and oxygen atoms in total. The molecule has 20 heavy (non-hydrogen) atoms. The van der Waals surface area contributed by atoms with E-state index in [-0.39, 0.29) is 11.9 Å². The van der Waals surface area contributed by atoms with Gasteiger partial charge >= 0.3 is 0 Å². The van der Waals surface area contributed by atoms with E-state index < -0.39 is 0 Å². The number of carbonyl (C=O) groups excluding carboxylic acids is 1. The van der Waals surface area contributed by atoms with Gasteiger partial charge in [0.1, 0.15) is 11.9 Å². The maximum atomic E-state index is 12.3. The van der Waals surface area contributed by atoms with Gasteiger partial charge in [-0.25, -0.2) is 9.50 Å². The van der Waals surface area contributed by atoms with Gasteiger partial charge in [-0.05, 0) is 32.3 Å². The van der Waals surface area contributed by atoms with Gasteiger partial charge in [-0.2, -0.15) is 5.10 Å². The van der Waals surface area contributed by atoms with Crippen LogP contribution in [-0.4, -0.2) is 44.5 Å². The highest BCUT2D eigenvalue weighted by Gasteiger charge is 2.22. The van der Waals surface area contributed by atoms with E-state index in [2.05, 4.69) is 15.4 Å². The number of carbonyl (C=O) groups is 1. The molecule has 1 saturated heterocycles. The third-order valence-electron chi connectivity index (χ3n) is 3.66. The number of hydrogen-bond donors (Lipinski definition) is 1. The first-order valence-corrected chi connectivity index (χ1v) is 7.10. The van der Waals surface area contributed by atoms with Gasteiger partial charge < -0.3 is 10.2 Å². The van der Waals surface area contributed by atoms with Gasteiger partial charge in [0.25, 0.3) is 0 Å². The Labute approximate surface area is 117 Å². The summed E-state index contributed by atoms with van der Waals surface area (Å²) in [5.41, 5.74) is 0.771. The summed E-state index contributed by atoms with van der Waals surface area (Å²) in [6, 6.07) is 3.41. The first-order chi connectivity index (χ1) is 9.74. The molecule has 0 bridgehead atoms. The van der Waals surface area contributed by atoms with Crippen LogP contribution in [0.15, 0.2) is 24.5 Å². The predicted molar refractivity (Wildman–Crippen MR) is 76.5 cm³/mol. The highest BCUT2D eigenvalue weighted by molar-refractivity contribution is 5.84. The zero-order chi connectivity index (χ0) is 13.9. The van der Waals surface area contributed by atoms with Crippen LogP contribution in [0.2, 0.25) is 0 Å². The summed E-state index contributed by atoms with van der Waals surface area (Å²) in [4.78, 5) is 18.7. The predicted octanol–water partition coefficient (Wildman–Crippen LogP) is 1.54. The number of anilines is 1. The molecule has 2 aromatic heterocycles. The van der Waals surface area contributed by atoms with Crippen molar-refractivity contribution in [3.63, 3.8) is 0 Å². The molecule has 0 radical (unpaired) electrons. The van der Waals surface area contributed by atoms with Crippen molar-refractivity contribution in [2.45, 2.75) is 32.2 Å². The number of hydrogen-bond acceptors (Lipinski definition) is 4. The van der Waals surface area contributed by atoms with E-state index in [1.54, 1.807) is 10.7 Å². The van der Waals surface area contributed by atoms with Gasteiger partial charge in [0, 0.05) is 25.4 Å². The van der Waals surface area contributed by atoms with E-state index >= 15 is 0 Å². The summed E-state index contributed by atoms with van der Waals surface area (Å²) in [6.45, 7) is 3.64. The Kier molecular flexibility index (Phi) is 3.54. The van der Waals surface area contributed by atoms with E-state index in [1.165, 1.54) is 6.42 Å². The number of aromatic nitrogens is 3. The lowest BCUT2D eigenvalue weighted by molar-refractivity contribution is -0.132. The average Bonchev–Trinajstić information content (AvgIpc) is 2.95. The minimum Gasteiger partial charge on any atom is -0.359 e. The number of fused-ring (bicyclic) bond motifs is 1. The fourth-order valence-corrected chi connectivity index (χ4v) is 2.56. The average molecular weight is 273 g/mol. The van der Waals surface area contributed by atoms with Gasteiger partial charge in [0.15, 0.2) is 5.65 Å². The maximum absolute atomic E-state index is 12.3. The third-order valence-corrected chi connectivity index (χ3v) is 3.66. The number of nitrogens with one attached hydrogen (secondary N) is 1. The topological polar surface area (TPSA) is 62.5 Å². The summed E-state index contributed by atoms with van der Waals surface area (Å²) in [7, 11) is 0. The Morgan fingerprint density at radius 3 is 2.90 bits per heavy atom. The normalized spacial score (nSPS) is 17.1. The van der Waals surface area contributed by atoms with Crippen LogP contribution in [0, 0.1) is 0 Å². The van der Waals surface area contributed by atoms with Crippen molar-refractivity contribution in [3.8, 4) is 0 Å². The van der Waals surface area contributed by atoms with Crippen LogP contribution in [0.5, 0.6) is 0 Å². The molecule has 0 aromatic carbocycles. The molecule has 3 heterocycles. The number of nitrogens with zero attached hydrogens (tertiary/aromatic N) is 4. The summed E-state index contributed by atoms with van der Waals surface area (Å²) < 4.78 is 1.70. The molecule has 3 rings (SSSR count). The third kappa shape index (κ3) is 2.59. The summed E-state index contributed by atoms with van der Waals surface area (Å²) in [5.74, 6) is 0.857. The van der Waals surface area contributed by atoms with Crippen molar-refractivity contribution in [2.75, 3.05) is 18.4 Å². The van der Waals surface area contributed by atoms with Crippen LogP contribution < -0.4 is 5.32 Å². The summed E-state index contributed by atoms with van der Waals surface area (Å²) in [6.07, 6.45) is 6.99. The lowest BCUT2D eigenvalue weighted by Gasteiger charge is -2.29. The molecule has 106 valence electrons. The second kappa shape index (κ2) is 5.48. The van der Waals surface area contributed by atoms with Crippen molar-refractivity contribution in [1.82, 2.24) is 19.5 Å². The maximum Gasteiger partial charge on any atom is 0.244 e. The Balaban J connectivity index is 1.67. The molecule has 1 N–H and O–H groups in total. The van der Waals surface area contributed by atoms with Gasteiger partial charge in [-0.1, -0.05) is 0 Å². The molecule has 1 fully saturated rings. The Bertz CT molecular complexity index is 602. The molecule has 6 heteroatoms. The number of rotatable bonds is 3. The molecule has 1 aliphatic rings. The Morgan fingerprint density at radius 1 is 1.30 bits per heavy atom. The standard InChI is InChI=1S/C14H19N5O/c1-11(14(20)18-8-3-2-4-9-18)16-12-6-10-19-13(17-12)5-7-15-19/h5-7,10-11H,2-4,8-9H2,1H3,(H,16,17). The van der Waals surface area contributed by atoms with Crippen molar-refractivity contribution in [2.24, 2.45) is 0 Å². The van der Waals surface area contributed by atoms with E-state index in [4.69, 9.17) is 0 Å². The van der Waals surface area contributed by atoms with Crippen LogP contribution in [0.4, 0.5) is 5.82 Å². The van der Waals surface area contributed by atoms with Crippen LogP contribution >= 0.6 is 0 Å². The van der Waals surface area contributed by atoms with Crippen molar-refractivity contribution in [1.29, 1.82) is 0 Å². The van der Waals surface area contributed by atoms with Crippen LogP contribution in [0.3, 0.4) is 0 Å². The van der Waals surface area contributed by atoms with Crippen molar-refractivity contribution >= 4 is 17.4 Å². The molecule has 1 amide bonds. The SMILES string of the molecule is CC(Nc1ccn2nccc2n1)C(=O)N1CCCCC1. The zero-order valence-electron chi connectivity index (χ0n) is 11.6. The molecular formula is C14H19N5O. The molecule has 1 aliphatic heterocycles. The van der Waals surface area contributed by atoms with Crippen LogP contribution in [-0.2, 0) is 4.79 Å². The second-order valence-electron chi connectivity index (χ2n) is 5.20. The Hall–Kier alpha value is -2.11. The quantitative estimate of drug-likeness (QED) is 0.921. The molecule has 0 aliphatic carbocycles. The van der Waals surface area contributed by atoms with Gasteiger partial charge in [0.2, 0.25) is 5.91 Å². The van der Waals surface area contributed by atoms with Crippen LogP contribution in [0.25, 0.3) is 5.65 Å². The Morgan fingerprint density at radius 2 is 2.10 bits per heavy atom. The fraction of sp³-hybridized carbons (Fsp3) is 0.500. The smallest absolute Gasteiger partial charge is 0.244 e. The molecule has 1 atom stereocenters. The monoisotopic (exact) mass is 273 g/mol. The zero-order valence-corrected chi connectivity index (χ0v) is 11.6. The summed E-state index contributed by atoms with van der Waals surface area (Å²) in [5, 5.41) is 7.28. The van der Waals surface area contributed by atoms with E-state index in [1.807, 2.05) is 30.2 Å². The highest BCUT2D eigenvalue weighted by atomic mass is 16.2. The van der Waals surface area contributed by atoms with E-state index in [0.717, 1.165) is 31.6 Å². The lowest BCUT2D eigenvalue weighted by Crippen LogP contribution is -2.44. The van der Waals surface area contributed by atoms with Gasteiger partial charge in [0.05, 0.1) is 6.20 Å².